The summed E-state index contributed by atoms with van der Waals surface area (Å²) >= 11 is 3.02. The maximum atomic E-state index is 12.8. The van der Waals surface area contributed by atoms with Crippen molar-refractivity contribution in [3.8, 4) is 16.9 Å². The second-order valence-corrected chi connectivity index (χ2v) is 8.22. The van der Waals surface area contributed by atoms with Gasteiger partial charge in [0, 0.05) is 10.0 Å². The van der Waals surface area contributed by atoms with Crippen LogP contribution in [0.2, 0.25) is 0 Å². The van der Waals surface area contributed by atoms with E-state index in [1.54, 1.807) is 42.5 Å². The van der Waals surface area contributed by atoms with Gasteiger partial charge in [-0.3, -0.25) is 4.72 Å². The summed E-state index contributed by atoms with van der Waals surface area (Å²) < 4.78 is 70.3. The summed E-state index contributed by atoms with van der Waals surface area (Å²) in [4.78, 5) is -0.629. The lowest BCUT2D eigenvalue weighted by Gasteiger charge is -2.16. The SMILES string of the molecule is O=S(=O)(Nc1ccccc1-c1ccccc1)c1ccc(Br)cc1OC(F)(F)F. The number of para-hydroxylation sites is 1. The van der Waals surface area contributed by atoms with Crippen molar-refractivity contribution in [3.63, 3.8) is 0 Å². The fourth-order valence-electron chi connectivity index (χ4n) is 2.55. The van der Waals surface area contributed by atoms with Crippen molar-refractivity contribution in [3.05, 3.63) is 77.3 Å². The molecule has 0 aliphatic heterocycles. The largest absolute Gasteiger partial charge is 0.573 e. The maximum absolute atomic E-state index is 12.8. The van der Waals surface area contributed by atoms with Gasteiger partial charge in [-0.1, -0.05) is 64.5 Å². The number of benzene rings is 3. The van der Waals surface area contributed by atoms with Gasteiger partial charge < -0.3 is 4.74 Å². The molecule has 3 rings (SSSR count). The molecule has 0 atom stereocenters. The summed E-state index contributed by atoms with van der Waals surface area (Å²) in [5.41, 5.74) is 1.57. The zero-order valence-electron chi connectivity index (χ0n) is 14.1. The molecule has 3 aromatic rings. The van der Waals surface area contributed by atoms with Crippen LogP contribution in [0.4, 0.5) is 18.9 Å². The monoisotopic (exact) mass is 471 g/mol. The standard InChI is InChI=1S/C19H13BrF3NO3S/c20-14-10-11-18(17(12-14)27-19(21,22)23)28(25,26)24-16-9-5-4-8-15(16)13-6-2-1-3-7-13/h1-12,24H. The highest BCUT2D eigenvalue weighted by Gasteiger charge is 2.34. The van der Waals surface area contributed by atoms with Gasteiger partial charge in [0.25, 0.3) is 10.0 Å². The molecule has 0 amide bonds. The predicted molar refractivity (Wildman–Crippen MR) is 104 cm³/mol. The molecule has 0 saturated heterocycles. The lowest BCUT2D eigenvalue weighted by atomic mass is 10.0. The summed E-state index contributed by atoms with van der Waals surface area (Å²) in [7, 11) is -4.36. The van der Waals surface area contributed by atoms with E-state index in [4.69, 9.17) is 0 Å². The minimum absolute atomic E-state index is 0.231. The second kappa shape index (κ2) is 7.84. The maximum Gasteiger partial charge on any atom is 0.573 e. The number of anilines is 1. The number of hydrogen-bond donors (Lipinski definition) is 1. The summed E-state index contributed by atoms with van der Waals surface area (Å²) in [6.45, 7) is 0. The second-order valence-electron chi connectivity index (χ2n) is 5.66. The van der Waals surface area contributed by atoms with Crippen molar-refractivity contribution in [1.82, 2.24) is 0 Å². The Kier molecular flexibility index (Phi) is 5.66. The number of rotatable bonds is 5. The molecule has 0 fully saturated rings. The predicted octanol–water partition coefficient (Wildman–Crippen LogP) is 5.82. The molecule has 0 spiro atoms. The van der Waals surface area contributed by atoms with E-state index in [9.17, 15) is 21.6 Å². The van der Waals surface area contributed by atoms with Crippen LogP contribution in [0.1, 0.15) is 0 Å². The molecule has 0 radical (unpaired) electrons. The molecular weight excluding hydrogens is 459 g/mol. The van der Waals surface area contributed by atoms with Crippen LogP contribution >= 0.6 is 15.9 Å². The first-order chi connectivity index (χ1) is 13.2. The molecule has 0 aliphatic carbocycles. The Balaban J connectivity index is 2.03. The molecule has 0 aliphatic rings. The number of ether oxygens (including phenoxy) is 1. The highest BCUT2D eigenvalue weighted by atomic mass is 79.9. The van der Waals surface area contributed by atoms with E-state index in [-0.39, 0.29) is 10.2 Å². The highest BCUT2D eigenvalue weighted by Crippen LogP contribution is 2.35. The topological polar surface area (TPSA) is 55.4 Å². The van der Waals surface area contributed by atoms with Crippen LogP contribution in [-0.2, 0) is 10.0 Å². The van der Waals surface area contributed by atoms with Crippen molar-refractivity contribution in [1.29, 1.82) is 0 Å². The Hall–Kier alpha value is -2.52. The Morgan fingerprint density at radius 3 is 2.21 bits per heavy atom. The van der Waals surface area contributed by atoms with Crippen molar-refractivity contribution < 1.29 is 26.3 Å². The molecule has 0 bridgehead atoms. The van der Waals surface area contributed by atoms with E-state index in [1.165, 1.54) is 12.1 Å². The van der Waals surface area contributed by atoms with Gasteiger partial charge in [0.05, 0.1) is 5.69 Å². The van der Waals surface area contributed by atoms with Gasteiger partial charge in [-0.2, -0.15) is 0 Å². The summed E-state index contributed by atoms with van der Waals surface area (Å²) in [5, 5.41) is 0. The van der Waals surface area contributed by atoms with Gasteiger partial charge in [-0.15, -0.1) is 13.2 Å². The molecule has 0 unspecified atom stereocenters. The first-order valence-corrected chi connectivity index (χ1v) is 10.2. The lowest BCUT2D eigenvalue weighted by molar-refractivity contribution is -0.275. The normalized spacial score (nSPS) is 11.9. The summed E-state index contributed by atoms with van der Waals surface area (Å²) in [5.74, 6) is -0.827. The van der Waals surface area contributed by atoms with E-state index in [0.717, 1.165) is 17.7 Å². The number of nitrogens with one attached hydrogen (secondary N) is 1. The molecule has 1 N–H and O–H groups in total. The van der Waals surface area contributed by atoms with E-state index >= 15 is 0 Å². The van der Waals surface area contributed by atoms with Crippen molar-refractivity contribution >= 4 is 31.6 Å². The minimum Gasteiger partial charge on any atom is -0.404 e. The lowest BCUT2D eigenvalue weighted by Crippen LogP contribution is -2.21. The van der Waals surface area contributed by atoms with E-state index < -0.39 is 27.0 Å². The summed E-state index contributed by atoms with van der Waals surface area (Å²) in [6, 6.07) is 18.9. The van der Waals surface area contributed by atoms with E-state index in [1.807, 2.05) is 6.07 Å². The molecule has 3 aromatic carbocycles. The molecule has 0 aromatic heterocycles. The first-order valence-electron chi connectivity index (χ1n) is 7.88. The van der Waals surface area contributed by atoms with E-state index in [0.29, 0.717) is 5.56 Å². The Morgan fingerprint density at radius 2 is 1.54 bits per heavy atom. The van der Waals surface area contributed by atoms with Crippen LogP contribution in [0.5, 0.6) is 5.75 Å². The van der Waals surface area contributed by atoms with E-state index in [2.05, 4.69) is 25.4 Å². The van der Waals surface area contributed by atoms with Crippen LogP contribution < -0.4 is 9.46 Å². The molecule has 146 valence electrons. The smallest absolute Gasteiger partial charge is 0.404 e. The average molecular weight is 472 g/mol. The Bertz CT molecular complexity index is 1090. The Labute approximate surface area is 168 Å². The van der Waals surface area contributed by atoms with Gasteiger partial charge in [0.15, 0.2) is 5.75 Å². The number of alkyl halides is 3. The third-order valence-electron chi connectivity index (χ3n) is 3.68. The van der Waals surface area contributed by atoms with Crippen LogP contribution in [0.15, 0.2) is 82.2 Å². The fraction of sp³-hybridized carbons (Fsp3) is 0.0526. The highest BCUT2D eigenvalue weighted by molar-refractivity contribution is 9.10. The van der Waals surface area contributed by atoms with Gasteiger partial charge in [-0.05, 0) is 29.8 Å². The van der Waals surface area contributed by atoms with Crippen LogP contribution in [0.25, 0.3) is 11.1 Å². The average Bonchev–Trinajstić information content (AvgIpc) is 2.61. The fourth-order valence-corrected chi connectivity index (χ4v) is 4.08. The van der Waals surface area contributed by atoms with Crippen LogP contribution in [0.3, 0.4) is 0 Å². The van der Waals surface area contributed by atoms with Crippen molar-refractivity contribution in [2.24, 2.45) is 0 Å². The molecule has 28 heavy (non-hydrogen) atoms. The zero-order valence-corrected chi connectivity index (χ0v) is 16.5. The number of sulfonamides is 1. The third-order valence-corrected chi connectivity index (χ3v) is 5.58. The minimum atomic E-state index is -5.03. The van der Waals surface area contributed by atoms with Crippen molar-refractivity contribution in [2.45, 2.75) is 11.3 Å². The molecule has 9 heteroatoms. The zero-order chi connectivity index (χ0) is 20.4. The van der Waals surface area contributed by atoms with Gasteiger partial charge >= 0.3 is 6.36 Å². The van der Waals surface area contributed by atoms with Crippen LogP contribution in [0, 0.1) is 0 Å². The molecule has 0 heterocycles. The number of halogens is 4. The molecular formula is C19H13BrF3NO3S. The van der Waals surface area contributed by atoms with Gasteiger partial charge in [-0.25, -0.2) is 8.42 Å². The van der Waals surface area contributed by atoms with Crippen LogP contribution in [-0.4, -0.2) is 14.8 Å². The van der Waals surface area contributed by atoms with Gasteiger partial charge in [0.2, 0.25) is 0 Å². The van der Waals surface area contributed by atoms with Gasteiger partial charge in [0.1, 0.15) is 4.90 Å². The molecule has 0 saturated carbocycles. The number of hydrogen-bond acceptors (Lipinski definition) is 3. The Morgan fingerprint density at radius 1 is 0.893 bits per heavy atom. The summed E-state index contributed by atoms with van der Waals surface area (Å²) in [6.07, 6.45) is -5.03. The van der Waals surface area contributed by atoms with Crippen molar-refractivity contribution in [2.75, 3.05) is 4.72 Å². The quantitative estimate of drug-likeness (QED) is 0.510. The molecule has 4 nitrogen and oxygen atoms in total. The third kappa shape index (κ3) is 4.85. The first kappa shape index (κ1) is 20.2.